The molecular weight excluding hydrogens is 687 g/mol. The molecule has 9 nitrogen and oxygen atoms in total. The first kappa shape index (κ1) is 52.0. The van der Waals surface area contributed by atoms with E-state index in [0.717, 1.165) is 38.5 Å². The quantitative estimate of drug-likeness (QED) is 0.0352. The van der Waals surface area contributed by atoms with E-state index in [4.69, 9.17) is 30.0 Å². The summed E-state index contributed by atoms with van der Waals surface area (Å²) in [5, 5.41) is 0. The van der Waals surface area contributed by atoms with Crippen LogP contribution < -0.4 is 11.5 Å². The lowest BCUT2D eigenvalue weighted by Gasteiger charge is -2.23. The number of hydrogen-bond donors (Lipinski definition) is 2. The summed E-state index contributed by atoms with van der Waals surface area (Å²) >= 11 is 0. The first-order valence-electron chi connectivity index (χ1n) is 22.4. The van der Waals surface area contributed by atoms with E-state index in [2.05, 4.69) is 13.8 Å². The van der Waals surface area contributed by atoms with Crippen LogP contribution in [0.25, 0.3) is 0 Å². The second-order valence-electron chi connectivity index (χ2n) is 15.5. The topological polar surface area (TPSA) is 140 Å². The maximum absolute atomic E-state index is 12.9. The number of rotatable bonds is 42. The Morgan fingerprint density at radius 1 is 0.472 bits per heavy atom. The van der Waals surface area contributed by atoms with Crippen LogP contribution in [0.2, 0.25) is 0 Å². The van der Waals surface area contributed by atoms with Gasteiger partial charge in [-0.15, -0.1) is 0 Å². The molecule has 0 fully saturated rings. The number of hydrogen-bond acceptors (Lipinski definition) is 9. The fraction of sp³-hybridized carbons (Fsp3) is 0.953. The molecule has 0 heterocycles. The number of esters is 2. The highest BCUT2D eigenvalue weighted by atomic mass is 31.2. The standard InChI is InChI=1S/C43H87N2O7P/c1-4-6-8-10-12-14-16-18-20-22-24-26-28-30-32-34-42(46)49-38-41(39-50-53(3,48)52-40(36-44)37-45)51-43(47)35-33-31-29-27-25-23-21-19-17-15-13-11-9-7-5-2/h40-41H,4-39,44-45H2,1-3H3. The summed E-state index contributed by atoms with van der Waals surface area (Å²) in [6.07, 6.45) is 36.9. The highest BCUT2D eigenvalue weighted by molar-refractivity contribution is 7.53. The summed E-state index contributed by atoms with van der Waals surface area (Å²) in [5.74, 6) is -0.703. The molecule has 0 aliphatic rings. The van der Waals surface area contributed by atoms with Crippen LogP contribution >= 0.6 is 7.60 Å². The van der Waals surface area contributed by atoms with E-state index in [1.165, 1.54) is 161 Å². The van der Waals surface area contributed by atoms with E-state index in [1.807, 2.05) is 0 Å². The van der Waals surface area contributed by atoms with Gasteiger partial charge in [0.25, 0.3) is 0 Å². The van der Waals surface area contributed by atoms with Crippen molar-refractivity contribution in [3.8, 4) is 0 Å². The average Bonchev–Trinajstić information content (AvgIpc) is 3.14. The fourth-order valence-corrected chi connectivity index (χ4v) is 7.81. The number of unbranched alkanes of at least 4 members (excludes halogenated alkanes) is 28. The summed E-state index contributed by atoms with van der Waals surface area (Å²) < 4.78 is 35.0. The molecule has 53 heavy (non-hydrogen) atoms. The van der Waals surface area contributed by atoms with Crippen molar-refractivity contribution in [2.75, 3.05) is 33.0 Å². The van der Waals surface area contributed by atoms with Crippen LogP contribution in [-0.2, 0) is 32.7 Å². The zero-order valence-corrected chi connectivity index (χ0v) is 36.0. The lowest BCUT2D eigenvalue weighted by molar-refractivity contribution is -0.161. The van der Waals surface area contributed by atoms with Gasteiger partial charge in [-0.25, -0.2) is 0 Å². The van der Waals surface area contributed by atoms with Crippen LogP contribution in [0, 0.1) is 0 Å². The molecular formula is C43H87N2O7P. The van der Waals surface area contributed by atoms with Crippen molar-refractivity contribution in [1.29, 1.82) is 0 Å². The van der Waals surface area contributed by atoms with Gasteiger partial charge in [-0.3, -0.25) is 14.2 Å². The second kappa shape index (κ2) is 39.3. The number of carbonyl (C=O) groups excluding carboxylic acids is 2. The molecule has 0 rings (SSSR count). The molecule has 0 saturated carbocycles. The van der Waals surface area contributed by atoms with E-state index in [9.17, 15) is 14.2 Å². The third kappa shape index (κ3) is 37.7. The van der Waals surface area contributed by atoms with Crippen molar-refractivity contribution in [1.82, 2.24) is 0 Å². The van der Waals surface area contributed by atoms with Gasteiger partial charge in [0, 0.05) is 32.6 Å². The van der Waals surface area contributed by atoms with Crippen molar-refractivity contribution < 1.29 is 32.7 Å². The molecule has 0 aliphatic carbocycles. The first-order valence-corrected chi connectivity index (χ1v) is 24.4. The third-order valence-corrected chi connectivity index (χ3v) is 11.4. The number of ether oxygens (including phenoxy) is 2. The molecule has 0 spiro atoms. The van der Waals surface area contributed by atoms with Gasteiger partial charge in [0.15, 0.2) is 6.10 Å². The van der Waals surface area contributed by atoms with Crippen LogP contribution in [0.3, 0.4) is 0 Å². The molecule has 316 valence electrons. The van der Waals surface area contributed by atoms with Crippen LogP contribution in [0.5, 0.6) is 0 Å². The molecule has 0 aliphatic heterocycles. The van der Waals surface area contributed by atoms with Gasteiger partial charge in [0.2, 0.25) is 0 Å². The van der Waals surface area contributed by atoms with Crippen molar-refractivity contribution in [3.63, 3.8) is 0 Å². The SMILES string of the molecule is CCCCCCCCCCCCCCCCCC(=O)OCC(COP(C)(=O)OC(CN)CN)OC(=O)CCCCCCCCCCCCCCCCC. The molecule has 0 radical (unpaired) electrons. The maximum Gasteiger partial charge on any atom is 0.328 e. The Hall–Kier alpha value is -0.990. The lowest BCUT2D eigenvalue weighted by Crippen LogP contribution is -2.32. The minimum Gasteiger partial charge on any atom is -0.462 e. The highest BCUT2D eigenvalue weighted by Gasteiger charge is 2.26. The van der Waals surface area contributed by atoms with E-state index < -0.39 is 19.8 Å². The normalized spacial score (nSPS) is 13.3. The van der Waals surface area contributed by atoms with Gasteiger partial charge in [-0.1, -0.05) is 194 Å². The summed E-state index contributed by atoms with van der Waals surface area (Å²) in [4.78, 5) is 25.2. The Bertz CT molecular complexity index is 858. The van der Waals surface area contributed by atoms with Crippen LogP contribution in [-0.4, -0.2) is 57.1 Å². The predicted octanol–water partition coefficient (Wildman–Crippen LogP) is 12.1. The fourth-order valence-electron chi connectivity index (χ4n) is 6.60. The smallest absolute Gasteiger partial charge is 0.328 e. The largest absolute Gasteiger partial charge is 0.462 e. The minimum absolute atomic E-state index is 0.103. The lowest BCUT2D eigenvalue weighted by atomic mass is 10.0. The van der Waals surface area contributed by atoms with Crippen molar-refractivity contribution in [2.45, 2.75) is 232 Å². The summed E-state index contributed by atoms with van der Waals surface area (Å²) in [7, 11) is -3.52. The molecule has 0 saturated heterocycles. The van der Waals surface area contributed by atoms with E-state index >= 15 is 0 Å². The van der Waals surface area contributed by atoms with Crippen molar-refractivity contribution >= 4 is 19.5 Å². The van der Waals surface area contributed by atoms with Gasteiger partial charge >= 0.3 is 19.5 Å². The Balaban J connectivity index is 4.26. The second-order valence-corrected chi connectivity index (χ2v) is 17.5. The Morgan fingerprint density at radius 2 is 0.792 bits per heavy atom. The Kier molecular flexibility index (Phi) is 38.5. The van der Waals surface area contributed by atoms with Crippen molar-refractivity contribution in [3.05, 3.63) is 0 Å². The Morgan fingerprint density at radius 3 is 1.13 bits per heavy atom. The molecule has 2 unspecified atom stereocenters. The van der Waals surface area contributed by atoms with Gasteiger partial charge in [-0.05, 0) is 12.8 Å². The molecule has 0 bridgehead atoms. The summed E-state index contributed by atoms with van der Waals surface area (Å²) in [6, 6.07) is 0. The van der Waals surface area contributed by atoms with Gasteiger partial charge in [0.1, 0.15) is 6.61 Å². The Labute approximate surface area is 327 Å². The maximum atomic E-state index is 12.9. The first-order chi connectivity index (χ1) is 25.8. The van der Waals surface area contributed by atoms with E-state index in [1.54, 1.807) is 0 Å². The number of nitrogens with two attached hydrogens (primary N) is 2. The monoisotopic (exact) mass is 775 g/mol. The van der Waals surface area contributed by atoms with Gasteiger partial charge in [-0.2, -0.15) is 0 Å². The van der Waals surface area contributed by atoms with Crippen molar-refractivity contribution in [2.24, 2.45) is 11.5 Å². The third-order valence-electron chi connectivity index (χ3n) is 10.1. The molecule has 0 aromatic rings. The van der Waals surface area contributed by atoms with Crippen LogP contribution in [0.15, 0.2) is 0 Å². The van der Waals surface area contributed by atoms with E-state index in [-0.39, 0.29) is 44.7 Å². The molecule has 4 N–H and O–H groups in total. The molecule has 0 aromatic carbocycles. The molecule has 10 heteroatoms. The summed E-state index contributed by atoms with van der Waals surface area (Å²) in [5.41, 5.74) is 11.3. The number of carbonyl (C=O) groups is 2. The van der Waals surface area contributed by atoms with Gasteiger partial charge in [0.05, 0.1) is 12.7 Å². The molecule has 0 aromatic heterocycles. The predicted molar refractivity (Wildman–Crippen MR) is 222 cm³/mol. The van der Waals surface area contributed by atoms with E-state index in [0.29, 0.717) is 6.42 Å². The highest BCUT2D eigenvalue weighted by Crippen LogP contribution is 2.45. The molecule has 2 atom stereocenters. The van der Waals surface area contributed by atoms with Crippen LogP contribution in [0.1, 0.15) is 219 Å². The summed E-state index contributed by atoms with van der Waals surface area (Å²) in [6.45, 7) is 5.70. The van der Waals surface area contributed by atoms with Gasteiger partial charge < -0.3 is 30.0 Å². The molecule has 0 amide bonds. The zero-order chi connectivity index (χ0) is 39.1. The zero-order valence-electron chi connectivity index (χ0n) is 35.1. The average molecular weight is 775 g/mol. The minimum atomic E-state index is -3.52. The van der Waals surface area contributed by atoms with Crippen LogP contribution in [0.4, 0.5) is 0 Å².